The zero-order chi connectivity index (χ0) is 11.4. The van der Waals surface area contributed by atoms with E-state index >= 15 is 0 Å². The van der Waals surface area contributed by atoms with Crippen LogP contribution in [0.25, 0.3) is 0 Å². The van der Waals surface area contributed by atoms with E-state index in [1.807, 2.05) is 0 Å². The van der Waals surface area contributed by atoms with E-state index in [9.17, 15) is 4.79 Å². The summed E-state index contributed by atoms with van der Waals surface area (Å²) in [4.78, 5) is 11.6. The highest BCUT2D eigenvalue weighted by molar-refractivity contribution is 6.19. The lowest BCUT2D eigenvalue weighted by Gasteiger charge is -2.23. The standard InChI is InChI=1S/C10H17ClN2O/c1-9(2,6-12)7-13-8(14)10(3,4)5-11/h5,7H2,1-4H3,(H,13,14). The lowest BCUT2D eigenvalue weighted by molar-refractivity contribution is -0.128. The summed E-state index contributed by atoms with van der Waals surface area (Å²) in [6.45, 7) is 7.45. The predicted octanol–water partition coefficient (Wildman–Crippen LogP) is 1.92. The number of hydrogen-bond acceptors (Lipinski definition) is 2. The van der Waals surface area contributed by atoms with Crippen molar-refractivity contribution < 1.29 is 4.79 Å². The van der Waals surface area contributed by atoms with Crippen molar-refractivity contribution in [3.8, 4) is 6.07 Å². The van der Waals surface area contributed by atoms with E-state index < -0.39 is 10.8 Å². The zero-order valence-corrected chi connectivity index (χ0v) is 9.90. The highest BCUT2D eigenvalue weighted by atomic mass is 35.5. The highest BCUT2D eigenvalue weighted by Crippen LogP contribution is 2.18. The maximum absolute atomic E-state index is 11.6. The molecule has 0 fully saturated rings. The molecule has 0 aliphatic heterocycles. The molecule has 14 heavy (non-hydrogen) atoms. The summed E-state index contributed by atoms with van der Waals surface area (Å²) < 4.78 is 0. The number of amides is 1. The molecule has 0 atom stereocenters. The van der Waals surface area contributed by atoms with Gasteiger partial charge < -0.3 is 5.32 Å². The first kappa shape index (κ1) is 13.2. The van der Waals surface area contributed by atoms with Crippen LogP contribution in [0, 0.1) is 22.2 Å². The number of halogens is 1. The van der Waals surface area contributed by atoms with Gasteiger partial charge in [-0.2, -0.15) is 5.26 Å². The molecule has 4 heteroatoms. The smallest absolute Gasteiger partial charge is 0.226 e. The Morgan fingerprint density at radius 1 is 1.43 bits per heavy atom. The molecule has 0 saturated carbocycles. The fourth-order valence-electron chi connectivity index (χ4n) is 0.641. The van der Waals surface area contributed by atoms with Crippen molar-refractivity contribution in [1.29, 1.82) is 5.26 Å². The van der Waals surface area contributed by atoms with Gasteiger partial charge in [0.05, 0.1) is 16.9 Å². The van der Waals surface area contributed by atoms with Gasteiger partial charge in [-0.15, -0.1) is 11.6 Å². The molecule has 0 aromatic heterocycles. The molecule has 0 bridgehead atoms. The molecule has 0 aliphatic carbocycles. The van der Waals surface area contributed by atoms with Gasteiger partial charge in [-0.05, 0) is 27.7 Å². The third-order valence-electron chi connectivity index (χ3n) is 1.94. The van der Waals surface area contributed by atoms with E-state index in [0.29, 0.717) is 6.54 Å². The summed E-state index contributed by atoms with van der Waals surface area (Å²) in [7, 11) is 0. The van der Waals surface area contributed by atoms with E-state index in [1.165, 1.54) is 0 Å². The summed E-state index contributed by atoms with van der Waals surface area (Å²) >= 11 is 5.65. The number of carbonyl (C=O) groups is 1. The molecule has 80 valence electrons. The Balaban J connectivity index is 4.19. The molecule has 0 radical (unpaired) electrons. The molecule has 0 saturated heterocycles. The number of nitriles is 1. The van der Waals surface area contributed by atoms with Crippen molar-refractivity contribution in [1.82, 2.24) is 5.32 Å². The Bertz CT molecular complexity index is 253. The van der Waals surface area contributed by atoms with Crippen molar-refractivity contribution in [3.05, 3.63) is 0 Å². The second-order valence-electron chi connectivity index (χ2n) is 4.70. The summed E-state index contributed by atoms with van der Waals surface area (Å²) in [5.41, 5.74) is -1.11. The molecule has 0 aliphatic rings. The maximum atomic E-state index is 11.6. The van der Waals surface area contributed by atoms with Gasteiger partial charge in [-0.3, -0.25) is 4.79 Å². The van der Waals surface area contributed by atoms with E-state index in [1.54, 1.807) is 27.7 Å². The molecule has 3 nitrogen and oxygen atoms in total. The second-order valence-corrected chi connectivity index (χ2v) is 4.96. The molecule has 0 unspecified atom stereocenters. The highest BCUT2D eigenvalue weighted by Gasteiger charge is 2.28. The van der Waals surface area contributed by atoms with Crippen LogP contribution in [0.2, 0.25) is 0 Å². The number of nitrogens with one attached hydrogen (secondary N) is 1. The number of alkyl halides is 1. The van der Waals surface area contributed by atoms with Gasteiger partial charge in [0.1, 0.15) is 0 Å². The van der Waals surface area contributed by atoms with Gasteiger partial charge in [0, 0.05) is 12.4 Å². The van der Waals surface area contributed by atoms with Gasteiger partial charge >= 0.3 is 0 Å². The lowest BCUT2D eigenvalue weighted by atomic mass is 9.92. The van der Waals surface area contributed by atoms with Crippen LogP contribution in [-0.4, -0.2) is 18.3 Å². The van der Waals surface area contributed by atoms with Crippen LogP contribution in [0.15, 0.2) is 0 Å². The van der Waals surface area contributed by atoms with Crippen molar-refractivity contribution in [3.63, 3.8) is 0 Å². The quantitative estimate of drug-likeness (QED) is 0.730. The zero-order valence-electron chi connectivity index (χ0n) is 9.15. The summed E-state index contributed by atoms with van der Waals surface area (Å²) in [6.07, 6.45) is 0. The monoisotopic (exact) mass is 216 g/mol. The molecule has 1 amide bonds. The van der Waals surface area contributed by atoms with E-state index in [-0.39, 0.29) is 11.8 Å². The first-order valence-electron chi connectivity index (χ1n) is 4.51. The van der Waals surface area contributed by atoms with Crippen molar-refractivity contribution in [2.24, 2.45) is 10.8 Å². The Morgan fingerprint density at radius 3 is 2.29 bits per heavy atom. The number of hydrogen-bond donors (Lipinski definition) is 1. The van der Waals surface area contributed by atoms with Crippen molar-refractivity contribution in [2.45, 2.75) is 27.7 Å². The van der Waals surface area contributed by atoms with Crippen LogP contribution in [0.5, 0.6) is 0 Å². The Labute approximate surface area is 90.4 Å². The average molecular weight is 217 g/mol. The van der Waals surface area contributed by atoms with Gasteiger partial charge in [0.15, 0.2) is 0 Å². The lowest BCUT2D eigenvalue weighted by Crippen LogP contribution is -2.42. The molecule has 0 spiro atoms. The summed E-state index contributed by atoms with van der Waals surface area (Å²) in [5.74, 6) is 0.155. The second kappa shape index (κ2) is 4.65. The SMILES string of the molecule is CC(C)(C#N)CNC(=O)C(C)(C)CCl. The Kier molecular flexibility index (Phi) is 4.41. The summed E-state index contributed by atoms with van der Waals surface area (Å²) in [5, 5.41) is 11.5. The minimum absolute atomic E-state index is 0.115. The third-order valence-corrected chi connectivity index (χ3v) is 2.61. The average Bonchev–Trinajstić information content (AvgIpc) is 2.14. The first-order chi connectivity index (χ1) is 6.25. The van der Waals surface area contributed by atoms with E-state index in [2.05, 4.69) is 11.4 Å². The maximum Gasteiger partial charge on any atom is 0.226 e. The third kappa shape index (κ3) is 3.97. The fraction of sp³-hybridized carbons (Fsp3) is 0.800. The molecule has 0 aromatic rings. The predicted molar refractivity (Wildman–Crippen MR) is 56.9 cm³/mol. The van der Waals surface area contributed by atoms with Crippen LogP contribution in [0.1, 0.15) is 27.7 Å². The molecule has 0 heterocycles. The normalized spacial score (nSPS) is 12.0. The van der Waals surface area contributed by atoms with Crippen LogP contribution in [-0.2, 0) is 4.79 Å². The first-order valence-corrected chi connectivity index (χ1v) is 5.04. The van der Waals surface area contributed by atoms with Crippen molar-refractivity contribution >= 4 is 17.5 Å². The number of rotatable bonds is 4. The van der Waals surface area contributed by atoms with Gasteiger partial charge in [-0.25, -0.2) is 0 Å². The van der Waals surface area contributed by atoms with Crippen LogP contribution < -0.4 is 5.32 Å². The molecular weight excluding hydrogens is 200 g/mol. The minimum atomic E-state index is -0.576. The van der Waals surface area contributed by atoms with Crippen LogP contribution in [0.3, 0.4) is 0 Å². The Morgan fingerprint density at radius 2 is 1.93 bits per heavy atom. The largest absolute Gasteiger partial charge is 0.354 e. The molecule has 0 aromatic carbocycles. The topological polar surface area (TPSA) is 52.9 Å². The molecular formula is C10H17ClN2O. The molecule has 0 rings (SSSR count). The van der Waals surface area contributed by atoms with Crippen molar-refractivity contribution in [2.75, 3.05) is 12.4 Å². The van der Waals surface area contributed by atoms with Crippen LogP contribution >= 0.6 is 11.6 Å². The summed E-state index contributed by atoms with van der Waals surface area (Å²) in [6, 6.07) is 2.12. The molecule has 1 N–H and O–H groups in total. The number of nitrogens with zero attached hydrogens (tertiary/aromatic N) is 1. The minimum Gasteiger partial charge on any atom is -0.354 e. The fourth-order valence-corrected chi connectivity index (χ4v) is 0.762. The Hall–Kier alpha value is -0.750. The van der Waals surface area contributed by atoms with E-state index in [4.69, 9.17) is 16.9 Å². The van der Waals surface area contributed by atoms with Crippen LogP contribution in [0.4, 0.5) is 0 Å². The van der Waals surface area contributed by atoms with Gasteiger partial charge in [0.2, 0.25) is 5.91 Å². The van der Waals surface area contributed by atoms with E-state index in [0.717, 1.165) is 0 Å². The number of carbonyl (C=O) groups excluding carboxylic acids is 1. The van der Waals surface area contributed by atoms with Gasteiger partial charge in [0.25, 0.3) is 0 Å². The van der Waals surface area contributed by atoms with Gasteiger partial charge in [-0.1, -0.05) is 0 Å².